The fourth-order valence-corrected chi connectivity index (χ4v) is 2.32. The van der Waals surface area contributed by atoms with Crippen molar-refractivity contribution in [1.82, 2.24) is 9.47 Å². The Hall–Kier alpha value is -1.29. The number of carbonyl (C=O) groups excluding carboxylic acids is 1. The molecule has 1 aliphatic rings. The van der Waals surface area contributed by atoms with Gasteiger partial charge in [0.2, 0.25) is 0 Å². The van der Waals surface area contributed by atoms with Gasteiger partial charge >= 0.3 is 0 Å². The molecule has 1 aromatic rings. The first-order chi connectivity index (χ1) is 7.77. The van der Waals surface area contributed by atoms with Crippen molar-refractivity contribution in [3.05, 3.63) is 24.0 Å². The topological polar surface area (TPSA) is 45.5 Å². The van der Waals surface area contributed by atoms with E-state index >= 15 is 0 Å². The van der Waals surface area contributed by atoms with Crippen molar-refractivity contribution < 1.29 is 9.90 Å². The Morgan fingerprint density at radius 2 is 2.44 bits per heavy atom. The summed E-state index contributed by atoms with van der Waals surface area (Å²) < 4.78 is 1.94. The van der Waals surface area contributed by atoms with Crippen LogP contribution in [0.5, 0.6) is 0 Å². The molecule has 0 spiro atoms. The monoisotopic (exact) mass is 222 g/mol. The van der Waals surface area contributed by atoms with Crippen LogP contribution in [0.15, 0.2) is 18.3 Å². The molecule has 1 fully saturated rings. The van der Waals surface area contributed by atoms with Crippen LogP contribution in [0.25, 0.3) is 0 Å². The van der Waals surface area contributed by atoms with Gasteiger partial charge in [-0.2, -0.15) is 0 Å². The number of carbonyl (C=O) groups is 1. The van der Waals surface area contributed by atoms with Gasteiger partial charge in [-0.15, -0.1) is 0 Å². The van der Waals surface area contributed by atoms with Crippen LogP contribution in [0.1, 0.15) is 30.3 Å². The molecule has 0 bridgehead atoms. The van der Waals surface area contributed by atoms with E-state index in [0.29, 0.717) is 0 Å². The lowest BCUT2D eigenvalue weighted by Gasteiger charge is -2.23. The summed E-state index contributed by atoms with van der Waals surface area (Å²) in [5.74, 6) is 0.0448. The fraction of sp³-hybridized carbons (Fsp3) is 0.583. The largest absolute Gasteiger partial charge is 0.394 e. The molecule has 0 aliphatic carbocycles. The number of likely N-dealkylation sites (tertiary alicyclic amines) is 1. The highest BCUT2D eigenvalue weighted by Gasteiger charge is 2.29. The number of rotatable bonds is 3. The number of aromatic nitrogens is 1. The van der Waals surface area contributed by atoms with Crippen LogP contribution in [-0.2, 0) is 6.54 Å². The molecule has 1 amide bonds. The Balaban J connectivity index is 2.18. The lowest BCUT2D eigenvalue weighted by Crippen LogP contribution is -2.38. The number of amides is 1. The molecule has 1 N–H and O–H groups in total. The summed E-state index contributed by atoms with van der Waals surface area (Å²) in [6, 6.07) is 3.74. The minimum atomic E-state index is 0.00714. The molecule has 16 heavy (non-hydrogen) atoms. The first kappa shape index (κ1) is 11.2. The van der Waals surface area contributed by atoms with E-state index < -0.39 is 0 Å². The summed E-state index contributed by atoms with van der Waals surface area (Å²) in [5.41, 5.74) is 0.725. The molecule has 0 radical (unpaired) electrons. The van der Waals surface area contributed by atoms with E-state index in [-0.39, 0.29) is 18.6 Å². The Kier molecular flexibility index (Phi) is 3.29. The molecule has 1 unspecified atom stereocenters. The maximum absolute atomic E-state index is 12.3. The van der Waals surface area contributed by atoms with E-state index in [1.165, 1.54) is 0 Å². The number of hydrogen-bond donors (Lipinski definition) is 1. The van der Waals surface area contributed by atoms with Crippen molar-refractivity contribution in [1.29, 1.82) is 0 Å². The molecule has 4 heteroatoms. The molecule has 2 heterocycles. The van der Waals surface area contributed by atoms with Gasteiger partial charge in [-0.3, -0.25) is 4.79 Å². The number of aliphatic hydroxyl groups is 1. The van der Waals surface area contributed by atoms with Crippen LogP contribution >= 0.6 is 0 Å². The summed E-state index contributed by atoms with van der Waals surface area (Å²) >= 11 is 0. The molecular formula is C12H18N2O2. The van der Waals surface area contributed by atoms with Crippen molar-refractivity contribution in [2.75, 3.05) is 13.2 Å². The SMILES string of the molecule is CCn1cccc1C(=O)N1CCCC1CO. The van der Waals surface area contributed by atoms with Gasteiger partial charge in [0.05, 0.1) is 12.6 Å². The first-order valence-corrected chi connectivity index (χ1v) is 5.85. The summed E-state index contributed by atoms with van der Waals surface area (Å²) in [4.78, 5) is 14.0. The van der Waals surface area contributed by atoms with Gasteiger partial charge in [0, 0.05) is 19.3 Å². The Morgan fingerprint density at radius 3 is 3.12 bits per heavy atom. The average molecular weight is 222 g/mol. The quantitative estimate of drug-likeness (QED) is 0.832. The second-order valence-corrected chi connectivity index (χ2v) is 4.16. The van der Waals surface area contributed by atoms with E-state index in [9.17, 15) is 9.90 Å². The van der Waals surface area contributed by atoms with Gasteiger partial charge in [0.25, 0.3) is 5.91 Å². The number of aliphatic hydroxyl groups excluding tert-OH is 1. The lowest BCUT2D eigenvalue weighted by molar-refractivity contribution is 0.0667. The molecule has 2 rings (SSSR count). The molecule has 1 aliphatic heterocycles. The highest BCUT2D eigenvalue weighted by atomic mass is 16.3. The van der Waals surface area contributed by atoms with Crippen molar-refractivity contribution in [2.45, 2.75) is 32.4 Å². The van der Waals surface area contributed by atoms with Gasteiger partial charge in [-0.25, -0.2) is 0 Å². The highest BCUT2D eigenvalue weighted by molar-refractivity contribution is 5.93. The van der Waals surface area contributed by atoms with E-state index in [4.69, 9.17) is 0 Å². The van der Waals surface area contributed by atoms with Crippen LogP contribution in [0.4, 0.5) is 0 Å². The molecule has 88 valence electrons. The zero-order valence-corrected chi connectivity index (χ0v) is 9.59. The second-order valence-electron chi connectivity index (χ2n) is 4.16. The smallest absolute Gasteiger partial charge is 0.270 e. The van der Waals surface area contributed by atoms with Crippen molar-refractivity contribution in [3.63, 3.8) is 0 Å². The maximum Gasteiger partial charge on any atom is 0.270 e. The molecule has 0 saturated carbocycles. The zero-order valence-electron chi connectivity index (χ0n) is 9.59. The average Bonchev–Trinajstić information content (AvgIpc) is 2.96. The van der Waals surface area contributed by atoms with E-state index in [1.54, 1.807) is 4.90 Å². The summed E-state index contributed by atoms with van der Waals surface area (Å²) in [7, 11) is 0. The standard InChI is InChI=1S/C12H18N2O2/c1-2-13-7-4-6-11(13)12(16)14-8-3-5-10(14)9-15/h4,6-7,10,15H,2-3,5,8-9H2,1H3. The van der Waals surface area contributed by atoms with Crippen LogP contribution in [0.3, 0.4) is 0 Å². The molecular weight excluding hydrogens is 204 g/mol. The minimum absolute atomic E-state index is 0.00714. The van der Waals surface area contributed by atoms with Gasteiger partial charge in [-0.05, 0) is 31.9 Å². The van der Waals surface area contributed by atoms with Gasteiger partial charge in [-0.1, -0.05) is 0 Å². The summed E-state index contributed by atoms with van der Waals surface area (Å²) in [6.45, 7) is 3.65. The second kappa shape index (κ2) is 4.70. The van der Waals surface area contributed by atoms with Gasteiger partial charge < -0.3 is 14.6 Å². The first-order valence-electron chi connectivity index (χ1n) is 5.85. The molecule has 1 saturated heterocycles. The normalized spacial score (nSPS) is 20.4. The van der Waals surface area contributed by atoms with Crippen molar-refractivity contribution >= 4 is 5.91 Å². The number of aryl methyl sites for hydroxylation is 1. The highest BCUT2D eigenvalue weighted by Crippen LogP contribution is 2.19. The van der Waals surface area contributed by atoms with E-state index in [0.717, 1.165) is 31.6 Å². The van der Waals surface area contributed by atoms with Crippen molar-refractivity contribution in [2.24, 2.45) is 0 Å². The Bertz CT molecular complexity index is 373. The molecule has 1 aromatic heterocycles. The summed E-state index contributed by atoms with van der Waals surface area (Å²) in [5, 5.41) is 9.21. The third kappa shape index (κ3) is 1.85. The minimum Gasteiger partial charge on any atom is -0.394 e. The third-order valence-electron chi connectivity index (χ3n) is 3.24. The Morgan fingerprint density at radius 1 is 1.62 bits per heavy atom. The van der Waals surface area contributed by atoms with Crippen LogP contribution in [0.2, 0.25) is 0 Å². The van der Waals surface area contributed by atoms with E-state index in [1.807, 2.05) is 29.8 Å². The predicted octanol–water partition coefficient (Wildman–Crippen LogP) is 1.10. The van der Waals surface area contributed by atoms with Crippen LogP contribution < -0.4 is 0 Å². The Labute approximate surface area is 95.5 Å². The lowest BCUT2D eigenvalue weighted by atomic mass is 10.2. The fourth-order valence-electron chi connectivity index (χ4n) is 2.32. The number of hydrogen-bond acceptors (Lipinski definition) is 2. The van der Waals surface area contributed by atoms with Crippen LogP contribution in [0, 0.1) is 0 Å². The molecule has 0 aromatic carbocycles. The van der Waals surface area contributed by atoms with Crippen molar-refractivity contribution in [3.8, 4) is 0 Å². The zero-order chi connectivity index (χ0) is 11.5. The maximum atomic E-state index is 12.3. The van der Waals surface area contributed by atoms with Gasteiger partial charge in [0.1, 0.15) is 5.69 Å². The summed E-state index contributed by atoms with van der Waals surface area (Å²) in [6.07, 6.45) is 3.82. The van der Waals surface area contributed by atoms with Crippen LogP contribution in [-0.4, -0.2) is 39.7 Å². The van der Waals surface area contributed by atoms with Gasteiger partial charge in [0.15, 0.2) is 0 Å². The molecule has 4 nitrogen and oxygen atoms in total. The number of nitrogens with zero attached hydrogens (tertiary/aromatic N) is 2. The molecule has 1 atom stereocenters. The predicted molar refractivity (Wildman–Crippen MR) is 61.3 cm³/mol. The van der Waals surface area contributed by atoms with E-state index in [2.05, 4.69) is 0 Å². The third-order valence-corrected chi connectivity index (χ3v) is 3.24.